The zero-order valence-corrected chi connectivity index (χ0v) is 18.3. The Hall–Kier alpha value is -2.38. The van der Waals surface area contributed by atoms with Gasteiger partial charge < -0.3 is 9.47 Å². The van der Waals surface area contributed by atoms with Crippen LogP contribution in [-0.4, -0.2) is 26.1 Å². The molecule has 0 bridgehead atoms. The molecule has 1 aromatic heterocycles. The van der Waals surface area contributed by atoms with Gasteiger partial charge in [0.1, 0.15) is 10.7 Å². The fourth-order valence-electron chi connectivity index (χ4n) is 4.04. The Morgan fingerprint density at radius 3 is 2.53 bits per heavy atom. The van der Waals surface area contributed by atoms with Crippen molar-refractivity contribution in [2.75, 3.05) is 18.0 Å². The summed E-state index contributed by atoms with van der Waals surface area (Å²) in [5.74, 6) is -0.0562. The first-order chi connectivity index (χ1) is 14.2. The van der Waals surface area contributed by atoms with Crippen LogP contribution in [0, 0.1) is 11.7 Å². The summed E-state index contributed by atoms with van der Waals surface area (Å²) in [6, 6.07) is 8.40. The quantitative estimate of drug-likeness (QED) is 0.595. The molecule has 0 N–H and O–H groups in total. The second-order valence-electron chi connectivity index (χ2n) is 7.90. The van der Waals surface area contributed by atoms with Crippen LogP contribution in [-0.2, 0) is 16.9 Å². The van der Waals surface area contributed by atoms with Gasteiger partial charge >= 0.3 is 0 Å². The Bertz CT molecular complexity index is 1290. The summed E-state index contributed by atoms with van der Waals surface area (Å²) in [7, 11) is -2.42. The number of piperidine rings is 1. The van der Waals surface area contributed by atoms with E-state index in [4.69, 9.17) is 11.6 Å². The average Bonchev–Trinajstić information content (AvgIpc) is 2.70. The van der Waals surface area contributed by atoms with Gasteiger partial charge in [-0.15, -0.1) is 0 Å². The van der Waals surface area contributed by atoms with Crippen molar-refractivity contribution in [1.29, 1.82) is 0 Å². The van der Waals surface area contributed by atoms with Crippen LogP contribution in [0.1, 0.15) is 19.8 Å². The van der Waals surface area contributed by atoms with E-state index in [1.54, 1.807) is 17.7 Å². The average molecular weight is 449 g/mol. The van der Waals surface area contributed by atoms with Crippen LogP contribution in [0.15, 0.2) is 57.2 Å². The minimum Gasteiger partial charge on any atom is -0.369 e. The molecular formula is C22H22ClFN2O3S. The number of hydrogen-bond acceptors (Lipinski definition) is 4. The number of hydrogen-bond donors (Lipinski definition) is 0. The van der Waals surface area contributed by atoms with Crippen molar-refractivity contribution in [3.05, 3.63) is 63.7 Å². The second-order valence-corrected chi connectivity index (χ2v) is 10.3. The molecule has 1 saturated heterocycles. The molecule has 0 unspecified atom stereocenters. The number of pyridine rings is 1. The first-order valence-corrected chi connectivity index (χ1v) is 11.6. The number of fused-ring (bicyclic) bond motifs is 1. The smallest absolute Gasteiger partial charge is 0.211 e. The van der Waals surface area contributed by atoms with E-state index in [2.05, 4.69) is 6.92 Å². The minimum absolute atomic E-state index is 0.0391. The van der Waals surface area contributed by atoms with E-state index in [1.165, 1.54) is 30.5 Å². The van der Waals surface area contributed by atoms with Gasteiger partial charge in [0.25, 0.3) is 0 Å². The summed E-state index contributed by atoms with van der Waals surface area (Å²) < 4.78 is 42.6. The minimum atomic E-state index is -4.08. The van der Waals surface area contributed by atoms with Crippen molar-refractivity contribution in [2.45, 2.75) is 29.6 Å². The third-order valence-corrected chi connectivity index (χ3v) is 7.65. The number of rotatable bonds is 3. The summed E-state index contributed by atoms with van der Waals surface area (Å²) in [6.07, 6.45) is 3.39. The van der Waals surface area contributed by atoms with Gasteiger partial charge in [0.05, 0.1) is 21.5 Å². The van der Waals surface area contributed by atoms with E-state index in [-0.39, 0.29) is 10.3 Å². The zero-order chi connectivity index (χ0) is 21.6. The topological polar surface area (TPSA) is 59.4 Å². The number of nitrogens with zero attached hydrogens (tertiary/aromatic N) is 2. The number of benzene rings is 2. The molecule has 0 spiro atoms. The lowest BCUT2D eigenvalue weighted by molar-refractivity contribution is 0.442. The Balaban J connectivity index is 1.87. The van der Waals surface area contributed by atoms with Gasteiger partial charge in [0.2, 0.25) is 15.3 Å². The lowest BCUT2D eigenvalue weighted by Crippen LogP contribution is -2.35. The third kappa shape index (κ3) is 3.61. The fourth-order valence-corrected chi connectivity index (χ4v) is 5.57. The molecule has 2 aromatic carbocycles. The van der Waals surface area contributed by atoms with Crippen LogP contribution in [0.3, 0.4) is 0 Å². The zero-order valence-electron chi connectivity index (χ0n) is 16.7. The fraction of sp³-hybridized carbons (Fsp3) is 0.318. The van der Waals surface area contributed by atoms with Gasteiger partial charge in [-0.25, -0.2) is 12.8 Å². The van der Waals surface area contributed by atoms with E-state index < -0.39 is 26.0 Å². The molecule has 2 heterocycles. The summed E-state index contributed by atoms with van der Waals surface area (Å²) in [6.45, 7) is 3.64. The van der Waals surface area contributed by atoms with Crippen molar-refractivity contribution in [3.63, 3.8) is 0 Å². The molecule has 1 fully saturated rings. The maximum absolute atomic E-state index is 15.0. The third-order valence-electron chi connectivity index (χ3n) is 5.64. The van der Waals surface area contributed by atoms with E-state index in [9.17, 15) is 17.6 Å². The van der Waals surface area contributed by atoms with Gasteiger partial charge in [-0.1, -0.05) is 18.5 Å². The summed E-state index contributed by atoms with van der Waals surface area (Å²) in [5.41, 5.74) is 0.220. The Labute approximate surface area is 179 Å². The molecule has 1 atom stereocenters. The predicted molar refractivity (Wildman–Crippen MR) is 117 cm³/mol. The van der Waals surface area contributed by atoms with Crippen LogP contribution in [0.2, 0.25) is 5.02 Å². The van der Waals surface area contributed by atoms with Gasteiger partial charge in [-0.3, -0.25) is 4.79 Å². The van der Waals surface area contributed by atoms with Crippen molar-refractivity contribution in [1.82, 2.24) is 4.57 Å². The number of anilines is 1. The summed E-state index contributed by atoms with van der Waals surface area (Å²) in [4.78, 5) is 14.6. The van der Waals surface area contributed by atoms with E-state index in [0.717, 1.165) is 32.0 Å². The maximum atomic E-state index is 15.0. The van der Waals surface area contributed by atoms with Gasteiger partial charge in [-0.05, 0) is 55.2 Å². The second kappa shape index (κ2) is 7.71. The van der Waals surface area contributed by atoms with Crippen LogP contribution >= 0.6 is 11.6 Å². The standard InChI is InChI=1S/C22H22ClFN2O3S/c1-14-4-3-9-26(12-14)20-11-19-17(10-18(20)24)22(27)21(13-25(19)2)30(28,29)16-7-5-15(23)6-8-16/h5-8,10-11,13-14H,3-4,9,12H2,1-2H3/t14-/m1/s1. The molecule has 0 saturated carbocycles. The number of aryl methyl sites for hydroxylation is 1. The molecule has 3 aromatic rings. The van der Waals surface area contributed by atoms with Crippen molar-refractivity contribution < 1.29 is 12.8 Å². The molecule has 1 aliphatic heterocycles. The van der Waals surface area contributed by atoms with Gasteiger partial charge in [0, 0.05) is 31.4 Å². The lowest BCUT2D eigenvalue weighted by Gasteiger charge is -2.33. The highest BCUT2D eigenvalue weighted by Crippen LogP contribution is 2.30. The molecule has 8 heteroatoms. The number of aromatic nitrogens is 1. The first kappa shape index (κ1) is 20.9. The van der Waals surface area contributed by atoms with Crippen molar-refractivity contribution >= 4 is 38.0 Å². The van der Waals surface area contributed by atoms with E-state index >= 15 is 0 Å². The Morgan fingerprint density at radius 2 is 1.87 bits per heavy atom. The Morgan fingerprint density at radius 1 is 1.17 bits per heavy atom. The van der Waals surface area contributed by atoms with E-state index in [0.29, 0.717) is 22.1 Å². The van der Waals surface area contributed by atoms with Crippen LogP contribution < -0.4 is 10.3 Å². The molecule has 158 valence electrons. The van der Waals surface area contributed by atoms with E-state index in [1.807, 2.05) is 4.90 Å². The molecule has 1 aliphatic rings. The molecule has 0 aliphatic carbocycles. The van der Waals surface area contributed by atoms with Crippen LogP contribution in [0.5, 0.6) is 0 Å². The molecular weight excluding hydrogens is 427 g/mol. The number of sulfone groups is 1. The molecule has 0 amide bonds. The highest BCUT2D eigenvalue weighted by atomic mass is 35.5. The molecule has 30 heavy (non-hydrogen) atoms. The molecule has 4 rings (SSSR count). The highest BCUT2D eigenvalue weighted by molar-refractivity contribution is 7.91. The lowest BCUT2D eigenvalue weighted by atomic mass is 9.99. The molecule has 0 radical (unpaired) electrons. The largest absolute Gasteiger partial charge is 0.369 e. The SMILES string of the molecule is C[C@@H]1CCCN(c2cc3c(cc2F)c(=O)c(S(=O)(=O)c2ccc(Cl)cc2)cn3C)C1. The summed E-state index contributed by atoms with van der Waals surface area (Å²) >= 11 is 5.84. The maximum Gasteiger partial charge on any atom is 0.211 e. The summed E-state index contributed by atoms with van der Waals surface area (Å²) in [5, 5.41) is 0.431. The van der Waals surface area contributed by atoms with Crippen LogP contribution in [0.25, 0.3) is 10.9 Å². The van der Waals surface area contributed by atoms with Crippen molar-refractivity contribution in [3.8, 4) is 0 Å². The van der Waals surface area contributed by atoms with Gasteiger partial charge in [-0.2, -0.15) is 0 Å². The normalized spacial score (nSPS) is 17.5. The number of halogens is 2. The highest BCUT2D eigenvalue weighted by Gasteiger charge is 2.25. The van der Waals surface area contributed by atoms with Crippen LogP contribution in [0.4, 0.5) is 10.1 Å². The van der Waals surface area contributed by atoms with Crippen molar-refractivity contribution in [2.24, 2.45) is 13.0 Å². The van der Waals surface area contributed by atoms with Gasteiger partial charge in [0.15, 0.2) is 0 Å². The predicted octanol–water partition coefficient (Wildman–Crippen LogP) is 4.40. The first-order valence-electron chi connectivity index (χ1n) is 9.77. The Kier molecular flexibility index (Phi) is 5.36. The molecule has 5 nitrogen and oxygen atoms in total. The monoisotopic (exact) mass is 448 g/mol.